The van der Waals surface area contributed by atoms with Crippen LogP contribution in [0.4, 0.5) is 0 Å². The van der Waals surface area contributed by atoms with E-state index < -0.39 is 6.04 Å². The highest BCUT2D eigenvalue weighted by Crippen LogP contribution is 2.26. The van der Waals surface area contributed by atoms with Crippen molar-refractivity contribution in [2.75, 3.05) is 32.8 Å². The van der Waals surface area contributed by atoms with E-state index in [0.29, 0.717) is 51.5 Å². The Labute approximate surface area is 170 Å². The monoisotopic (exact) mass is 398 g/mol. The van der Waals surface area contributed by atoms with E-state index in [0.717, 1.165) is 5.75 Å². The molecule has 154 valence electrons. The highest BCUT2D eigenvalue weighted by atomic mass is 16.5. The van der Waals surface area contributed by atoms with E-state index in [1.54, 1.807) is 26.7 Å². The van der Waals surface area contributed by atoms with Gasteiger partial charge in [-0.15, -0.1) is 0 Å². The molecule has 3 heterocycles. The third-order valence-electron chi connectivity index (χ3n) is 5.36. The number of rotatable bonds is 5. The zero-order valence-corrected chi connectivity index (χ0v) is 16.6. The number of hydrogen-bond donors (Lipinski definition) is 0. The minimum atomic E-state index is -0.555. The molecule has 1 aromatic heterocycles. The van der Waals surface area contributed by atoms with Gasteiger partial charge in [0.2, 0.25) is 5.91 Å². The molecule has 0 saturated carbocycles. The molecule has 0 spiro atoms. The van der Waals surface area contributed by atoms with E-state index in [2.05, 4.69) is 5.10 Å². The predicted molar refractivity (Wildman–Crippen MR) is 106 cm³/mol. The first kappa shape index (κ1) is 19.4. The van der Waals surface area contributed by atoms with Crippen molar-refractivity contribution >= 4 is 11.8 Å². The summed E-state index contributed by atoms with van der Waals surface area (Å²) in [5.41, 5.74) is 0.354. The quantitative estimate of drug-likeness (QED) is 0.761. The maximum Gasteiger partial charge on any atom is 0.275 e. The second-order valence-electron chi connectivity index (χ2n) is 7.26. The van der Waals surface area contributed by atoms with Crippen LogP contribution in [0, 0.1) is 0 Å². The first-order valence-corrected chi connectivity index (χ1v) is 10.1. The van der Waals surface area contributed by atoms with Gasteiger partial charge < -0.3 is 19.3 Å². The fraction of sp³-hybridized carbons (Fsp3) is 0.476. The van der Waals surface area contributed by atoms with Crippen LogP contribution < -0.4 is 4.74 Å². The van der Waals surface area contributed by atoms with Crippen molar-refractivity contribution in [3.63, 3.8) is 0 Å². The molecular weight excluding hydrogens is 372 g/mol. The minimum absolute atomic E-state index is 0.0456. The highest BCUT2D eigenvalue weighted by Gasteiger charge is 2.43. The van der Waals surface area contributed by atoms with Crippen LogP contribution in [0.1, 0.15) is 23.8 Å². The maximum atomic E-state index is 13.2. The molecule has 29 heavy (non-hydrogen) atoms. The number of aryl methyl sites for hydroxylation is 1. The van der Waals surface area contributed by atoms with Gasteiger partial charge in [0.15, 0.2) is 0 Å². The van der Waals surface area contributed by atoms with Gasteiger partial charge in [0.25, 0.3) is 5.91 Å². The first-order chi connectivity index (χ1) is 14.2. The number of aromatic nitrogens is 2. The molecule has 2 fully saturated rings. The molecule has 2 saturated heterocycles. The molecule has 4 rings (SSSR count). The van der Waals surface area contributed by atoms with Gasteiger partial charge >= 0.3 is 0 Å². The fourth-order valence-electron chi connectivity index (χ4n) is 3.83. The number of para-hydroxylation sites is 1. The SMILES string of the molecule is CCn1ccc(C(=O)N2C[C@@H](Oc3ccccc3)C[C@H]2C(=O)N2CCOCC2)n1. The Morgan fingerprint density at radius 3 is 2.62 bits per heavy atom. The van der Waals surface area contributed by atoms with Crippen LogP contribution in [0.5, 0.6) is 5.75 Å². The standard InChI is InChI=1S/C21H26N4O4/c1-2-24-9-8-18(22-24)20(26)25-15-17(29-16-6-4-3-5-7-16)14-19(25)21(27)23-10-12-28-13-11-23/h3-9,17,19H,2,10-15H2,1H3/t17-,19-/m0/s1. The van der Waals surface area contributed by atoms with Crippen molar-refractivity contribution in [3.05, 3.63) is 48.3 Å². The number of likely N-dealkylation sites (tertiary alicyclic amines) is 1. The first-order valence-electron chi connectivity index (χ1n) is 10.1. The largest absolute Gasteiger partial charge is 0.488 e. The van der Waals surface area contributed by atoms with Gasteiger partial charge in [-0.1, -0.05) is 18.2 Å². The summed E-state index contributed by atoms with van der Waals surface area (Å²) in [6, 6.07) is 10.6. The zero-order chi connectivity index (χ0) is 20.2. The van der Waals surface area contributed by atoms with Crippen molar-refractivity contribution in [3.8, 4) is 5.75 Å². The second kappa shape index (κ2) is 8.65. The molecule has 0 radical (unpaired) electrons. The van der Waals surface area contributed by atoms with Crippen molar-refractivity contribution in [1.29, 1.82) is 0 Å². The lowest BCUT2D eigenvalue weighted by molar-refractivity contribution is -0.139. The van der Waals surface area contributed by atoms with Crippen LogP contribution in [0.2, 0.25) is 0 Å². The van der Waals surface area contributed by atoms with Crippen molar-refractivity contribution in [2.24, 2.45) is 0 Å². The summed E-state index contributed by atoms with van der Waals surface area (Å²) >= 11 is 0. The van der Waals surface area contributed by atoms with Gasteiger partial charge in [-0.05, 0) is 25.1 Å². The number of morpholine rings is 1. The molecule has 0 unspecified atom stereocenters. The molecule has 0 aliphatic carbocycles. The third-order valence-corrected chi connectivity index (χ3v) is 5.36. The molecule has 0 N–H and O–H groups in total. The van der Waals surface area contributed by atoms with E-state index >= 15 is 0 Å². The zero-order valence-electron chi connectivity index (χ0n) is 16.6. The summed E-state index contributed by atoms with van der Waals surface area (Å²) < 4.78 is 13.1. The van der Waals surface area contributed by atoms with Crippen LogP contribution in [-0.4, -0.2) is 76.4 Å². The van der Waals surface area contributed by atoms with Gasteiger partial charge in [0.05, 0.1) is 19.8 Å². The average molecular weight is 398 g/mol. The van der Waals surface area contributed by atoms with Gasteiger partial charge in [-0.3, -0.25) is 14.3 Å². The maximum absolute atomic E-state index is 13.2. The Balaban J connectivity index is 1.54. The van der Waals surface area contributed by atoms with Gasteiger partial charge in [0.1, 0.15) is 23.6 Å². The Morgan fingerprint density at radius 1 is 1.17 bits per heavy atom. The summed E-state index contributed by atoms with van der Waals surface area (Å²) in [4.78, 5) is 29.8. The van der Waals surface area contributed by atoms with Crippen LogP contribution >= 0.6 is 0 Å². The fourth-order valence-corrected chi connectivity index (χ4v) is 3.83. The van der Waals surface area contributed by atoms with Crippen LogP contribution in [0.3, 0.4) is 0 Å². The molecule has 1 aromatic carbocycles. The predicted octanol–water partition coefficient (Wildman–Crippen LogP) is 1.42. The van der Waals surface area contributed by atoms with Crippen molar-refractivity contribution in [2.45, 2.75) is 32.0 Å². The Hall–Kier alpha value is -2.87. The number of nitrogens with zero attached hydrogens (tertiary/aromatic N) is 4. The molecule has 8 heteroatoms. The number of amides is 2. The molecule has 0 bridgehead atoms. The summed E-state index contributed by atoms with van der Waals surface area (Å²) in [7, 11) is 0. The van der Waals surface area contributed by atoms with Gasteiger partial charge in [0, 0.05) is 32.3 Å². The lowest BCUT2D eigenvalue weighted by atomic mass is 10.1. The van der Waals surface area contributed by atoms with Gasteiger partial charge in [-0.25, -0.2) is 0 Å². The van der Waals surface area contributed by atoms with E-state index in [9.17, 15) is 9.59 Å². The molecule has 2 atom stereocenters. The number of carbonyl (C=O) groups excluding carboxylic acids is 2. The summed E-state index contributed by atoms with van der Waals surface area (Å²) in [6.07, 6.45) is 2.00. The lowest BCUT2D eigenvalue weighted by Crippen LogP contribution is -2.51. The molecule has 2 amide bonds. The van der Waals surface area contributed by atoms with Crippen LogP contribution in [0.25, 0.3) is 0 Å². The van der Waals surface area contributed by atoms with Crippen LogP contribution in [0.15, 0.2) is 42.6 Å². The Bertz CT molecular complexity index is 847. The van der Waals surface area contributed by atoms with E-state index in [-0.39, 0.29) is 17.9 Å². The Kier molecular flexibility index (Phi) is 5.80. The average Bonchev–Trinajstić information content (AvgIpc) is 3.41. The Morgan fingerprint density at radius 2 is 1.93 bits per heavy atom. The smallest absolute Gasteiger partial charge is 0.275 e. The molecule has 2 aliphatic rings. The summed E-state index contributed by atoms with van der Waals surface area (Å²) in [5, 5.41) is 4.33. The second-order valence-corrected chi connectivity index (χ2v) is 7.26. The molecule has 2 aliphatic heterocycles. The summed E-state index contributed by atoms with van der Waals surface area (Å²) in [5.74, 6) is 0.457. The van der Waals surface area contributed by atoms with E-state index in [1.165, 1.54) is 0 Å². The molecule has 8 nitrogen and oxygen atoms in total. The number of ether oxygens (including phenoxy) is 2. The highest BCUT2D eigenvalue weighted by molar-refractivity contribution is 5.96. The van der Waals surface area contributed by atoms with Gasteiger partial charge in [-0.2, -0.15) is 5.10 Å². The van der Waals surface area contributed by atoms with E-state index in [1.807, 2.05) is 37.3 Å². The van der Waals surface area contributed by atoms with E-state index in [4.69, 9.17) is 9.47 Å². The molecular formula is C21H26N4O4. The van der Waals surface area contributed by atoms with Crippen LogP contribution in [-0.2, 0) is 16.1 Å². The topological polar surface area (TPSA) is 76.9 Å². The molecule has 2 aromatic rings. The number of carbonyl (C=O) groups is 2. The lowest BCUT2D eigenvalue weighted by Gasteiger charge is -2.32. The van der Waals surface area contributed by atoms with Crippen molar-refractivity contribution < 1.29 is 19.1 Å². The third kappa shape index (κ3) is 4.27. The van der Waals surface area contributed by atoms with Crippen molar-refractivity contribution in [1.82, 2.24) is 19.6 Å². The normalized spacial score (nSPS) is 22.0. The minimum Gasteiger partial charge on any atom is -0.488 e. The number of hydrogen-bond acceptors (Lipinski definition) is 5. The number of benzene rings is 1. The summed E-state index contributed by atoms with van der Waals surface area (Å²) in [6.45, 7) is 5.15.